The molecule has 0 bridgehead atoms. The van der Waals surface area contributed by atoms with Gasteiger partial charge in [-0.3, -0.25) is 9.59 Å². The molecule has 0 radical (unpaired) electrons. The first kappa shape index (κ1) is 18.6. The quantitative estimate of drug-likeness (QED) is 0.843. The van der Waals surface area contributed by atoms with Crippen molar-refractivity contribution in [1.29, 1.82) is 0 Å². The Morgan fingerprint density at radius 2 is 1.63 bits per heavy atom. The van der Waals surface area contributed by atoms with E-state index in [0.717, 1.165) is 5.56 Å². The first-order valence-corrected chi connectivity index (χ1v) is 8.20. The molecular weight excluding hydrogens is 359 g/mol. The SMILES string of the molecule is O=C(CCc1ccccc1)N[C@@]1(C(F)(F)F)N=C(c2ccccc2)NC1=O. The third-order valence-corrected chi connectivity index (χ3v) is 4.10. The number of carbonyl (C=O) groups is 2. The summed E-state index contributed by atoms with van der Waals surface area (Å²) >= 11 is 0. The number of nitrogens with zero attached hydrogens (tertiary/aromatic N) is 1. The molecule has 0 saturated heterocycles. The van der Waals surface area contributed by atoms with Gasteiger partial charge in [0.1, 0.15) is 5.84 Å². The summed E-state index contributed by atoms with van der Waals surface area (Å²) in [6, 6.07) is 16.8. The second-order valence-corrected chi connectivity index (χ2v) is 6.02. The minimum absolute atomic E-state index is 0.203. The lowest BCUT2D eigenvalue weighted by molar-refractivity contribution is -0.197. The van der Waals surface area contributed by atoms with Gasteiger partial charge in [0.05, 0.1) is 0 Å². The van der Waals surface area contributed by atoms with Gasteiger partial charge < -0.3 is 10.6 Å². The number of hydrogen-bond acceptors (Lipinski definition) is 3. The van der Waals surface area contributed by atoms with Crippen molar-refractivity contribution in [3.63, 3.8) is 0 Å². The number of aryl methyl sites for hydroxylation is 1. The first-order valence-electron chi connectivity index (χ1n) is 8.20. The molecule has 0 aromatic heterocycles. The molecule has 1 atom stereocenters. The van der Waals surface area contributed by atoms with Crippen LogP contribution in [0.2, 0.25) is 0 Å². The second-order valence-electron chi connectivity index (χ2n) is 6.02. The van der Waals surface area contributed by atoms with Crippen molar-refractivity contribution >= 4 is 17.6 Å². The molecule has 8 heteroatoms. The summed E-state index contributed by atoms with van der Waals surface area (Å²) in [5, 5.41) is 3.91. The summed E-state index contributed by atoms with van der Waals surface area (Å²) in [5.41, 5.74) is -2.21. The highest BCUT2D eigenvalue weighted by molar-refractivity contribution is 6.16. The number of benzene rings is 2. The van der Waals surface area contributed by atoms with Crippen LogP contribution in [-0.4, -0.2) is 29.5 Å². The van der Waals surface area contributed by atoms with Crippen molar-refractivity contribution in [2.24, 2.45) is 4.99 Å². The number of halogens is 3. The minimum Gasteiger partial charge on any atom is -0.316 e. The number of rotatable bonds is 5. The minimum atomic E-state index is -5.09. The predicted octanol–water partition coefficient (Wildman–Crippen LogP) is 2.57. The predicted molar refractivity (Wildman–Crippen MR) is 92.8 cm³/mol. The molecule has 0 unspecified atom stereocenters. The van der Waals surface area contributed by atoms with E-state index in [2.05, 4.69) is 10.3 Å². The summed E-state index contributed by atoms with van der Waals surface area (Å²) in [7, 11) is 0. The van der Waals surface area contributed by atoms with Crippen molar-refractivity contribution < 1.29 is 22.8 Å². The molecule has 0 aliphatic carbocycles. The summed E-state index contributed by atoms with van der Waals surface area (Å²) in [4.78, 5) is 27.9. The molecule has 1 aliphatic heterocycles. The average Bonchev–Trinajstić information content (AvgIpc) is 2.99. The van der Waals surface area contributed by atoms with Crippen molar-refractivity contribution in [2.45, 2.75) is 24.7 Å². The monoisotopic (exact) mass is 375 g/mol. The Hall–Kier alpha value is -3.16. The van der Waals surface area contributed by atoms with Crippen molar-refractivity contribution in [3.05, 3.63) is 71.8 Å². The topological polar surface area (TPSA) is 70.6 Å². The summed E-state index contributed by atoms with van der Waals surface area (Å²) in [6.45, 7) is 0. The van der Waals surface area contributed by atoms with E-state index < -0.39 is 23.7 Å². The molecule has 27 heavy (non-hydrogen) atoms. The van der Waals surface area contributed by atoms with Crippen molar-refractivity contribution in [3.8, 4) is 0 Å². The van der Waals surface area contributed by atoms with E-state index >= 15 is 0 Å². The zero-order valence-electron chi connectivity index (χ0n) is 14.1. The van der Waals surface area contributed by atoms with Gasteiger partial charge in [-0.05, 0) is 12.0 Å². The molecule has 3 rings (SSSR count). The van der Waals surface area contributed by atoms with E-state index in [1.807, 2.05) is 0 Å². The molecular formula is C19H16F3N3O2. The van der Waals surface area contributed by atoms with Gasteiger partial charge in [-0.1, -0.05) is 60.7 Å². The maximum absolute atomic E-state index is 13.7. The summed E-state index contributed by atoms with van der Waals surface area (Å²) < 4.78 is 41.1. The lowest BCUT2D eigenvalue weighted by Gasteiger charge is -2.27. The number of aliphatic imine (C=N–C) groups is 1. The number of alkyl halides is 3. The fraction of sp³-hybridized carbons (Fsp3) is 0.211. The fourth-order valence-corrected chi connectivity index (χ4v) is 2.69. The third-order valence-electron chi connectivity index (χ3n) is 4.10. The Morgan fingerprint density at radius 1 is 1.04 bits per heavy atom. The van der Waals surface area contributed by atoms with Gasteiger partial charge >= 0.3 is 11.8 Å². The molecule has 0 spiro atoms. The molecule has 2 aromatic rings. The number of amides is 2. The standard InChI is InChI=1S/C19H16F3N3O2/c20-19(21,22)18(24-15(26)12-11-13-7-3-1-4-8-13)17(27)23-16(25-18)14-9-5-2-6-10-14/h1-10H,11-12H2,(H,24,26)(H,23,25,27)/t18-/m1/s1. The van der Waals surface area contributed by atoms with Crippen LogP contribution in [-0.2, 0) is 16.0 Å². The molecule has 2 aromatic carbocycles. The summed E-state index contributed by atoms with van der Waals surface area (Å²) in [6.07, 6.45) is -5.04. The van der Waals surface area contributed by atoms with E-state index in [1.54, 1.807) is 53.8 Å². The Kier molecular flexibility index (Phi) is 4.98. The number of nitrogens with one attached hydrogen (secondary N) is 2. The van der Waals surface area contributed by atoms with Gasteiger partial charge in [0, 0.05) is 12.0 Å². The van der Waals surface area contributed by atoms with Crippen molar-refractivity contribution in [2.75, 3.05) is 0 Å². The molecule has 1 aliphatic rings. The summed E-state index contributed by atoms with van der Waals surface area (Å²) in [5.74, 6) is -2.58. The van der Waals surface area contributed by atoms with Crippen LogP contribution in [0.4, 0.5) is 13.2 Å². The normalized spacial score (nSPS) is 19.4. The zero-order valence-corrected chi connectivity index (χ0v) is 14.1. The van der Waals surface area contributed by atoms with Crippen LogP contribution >= 0.6 is 0 Å². The van der Waals surface area contributed by atoms with E-state index in [4.69, 9.17) is 0 Å². The average molecular weight is 375 g/mol. The molecule has 5 nitrogen and oxygen atoms in total. The van der Waals surface area contributed by atoms with Crippen LogP contribution in [0.5, 0.6) is 0 Å². The van der Waals surface area contributed by atoms with Gasteiger partial charge in [-0.2, -0.15) is 13.2 Å². The second kappa shape index (κ2) is 7.22. The van der Waals surface area contributed by atoms with Crippen LogP contribution in [0.1, 0.15) is 17.5 Å². The Bertz CT molecular complexity index is 867. The van der Waals surface area contributed by atoms with Crippen LogP contribution in [0.25, 0.3) is 0 Å². The van der Waals surface area contributed by atoms with Crippen LogP contribution in [0.3, 0.4) is 0 Å². The molecule has 140 valence electrons. The van der Waals surface area contributed by atoms with Gasteiger partial charge in [-0.15, -0.1) is 0 Å². The molecule has 0 fully saturated rings. The van der Waals surface area contributed by atoms with Crippen LogP contribution in [0, 0.1) is 0 Å². The maximum Gasteiger partial charge on any atom is 0.442 e. The molecule has 2 amide bonds. The van der Waals surface area contributed by atoms with E-state index in [1.165, 1.54) is 12.1 Å². The van der Waals surface area contributed by atoms with Gasteiger partial charge in [-0.25, -0.2) is 4.99 Å². The molecule has 0 saturated carbocycles. The zero-order chi connectivity index (χ0) is 19.5. The van der Waals surface area contributed by atoms with Gasteiger partial charge in [0.2, 0.25) is 5.91 Å². The lowest BCUT2D eigenvalue weighted by atomic mass is 10.1. The Balaban J connectivity index is 1.82. The lowest BCUT2D eigenvalue weighted by Crippen LogP contribution is -2.63. The largest absolute Gasteiger partial charge is 0.442 e. The highest BCUT2D eigenvalue weighted by atomic mass is 19.4. The van der Waals surface area contributed by atoms with Gasteiger partial charge in [0.15, 0.2) is 0 Å². The highest BCUT2D eigenvalue weighted by Crippen LogP contribution is 2.35. The number of carbonyl (C=O) groups excluding carboxylic acids is 2. The Labute approximate surface area is 153 Å². The van der Waals surface area contributed by atoms with E-state index in [9.17, 15) is 22.8 Å². The maximum atomic E-state index is 13.7. The molecule has 1 heterocycles. The van der Waals surface area contributed by atoms with Crippen LogP contribution < -0.4 is 10.6 Å². The van der Waals surface area contributed by atoms with Crippen LogP contribution in [0.15, 0.2) is 65.7 Å². The number of amidine groups is 1. The van der Waals surface area contributed by atoms with Gasteiger partial charge in [0.25, 0.3) is 5.91 Å². The van der Waals surface area contributed by atoms with E-state index in [0.29, 0.717) is 5.56 Å². The first-order chi connectivity index (χ1) is 12.8. The van der Waals surface area contributed by atoms with E-state index in [-0.39, 0.29) is 18.7 Å². The Morgan fingerprint density at radius 3 is 2.22 bits per heavy atom. The third kappa shape index (κ3) is 3.84. The smallest absolute Gasteiger partial charge is 0.316 e. The highest BCUT2D eigenvalue weighted by Gasteiger charge is 2.65. The molecule has 2 N–H and O–H groups in total. The number of hydrogen-bond donors (Lipinski definition) is 2. The van der Waals surface area contributed by atoms with Crippen molar-refractivity contribution in [1.82, 2.24) is 10.6 Å². The fourth-order valence-electron chi connectivity index (χ4n) is 2.69.